The van der Waals surface area contributed by atoms with E-state index in [1.165, 1.54) is 0 Å². The van der Waals surface area contributed by atoms with Crippen LogP contribution in [-0.4, -0.2) is 36.4 Å². The summed E-state index contributed by atoms with van der Waals surface area (Å²) in [6.45, 7) is 1.68. The van der Waals surface area contributed by atoms with E-state index in [0.717, 1.165) is 48.2 Å². The third-order valence-corrected chi connectivity index (χ3v) is 7.89. The highest BCUT2D eigenvalue weighted by Gasteiger charge is 2.29. The summed E-state index contributed by atoms with van der Waals surface area (Å²) >= 11 is 1.66. The fraction of sp³-hybridized carbons (Fsp3) is 0.379. The van der Waals surface area contributed by atoms with Crippen LogP contribution in [0.25, 0.3) is 0 Å². The molecule has 1 aliphatic heterocycles. The Labute approximate surface area is 216 Å². The minimum Gasteiger partial charge on any atom is -0.493 e. The second-order valence-corrected chi connectivity index (χ2v) is 10.5. The number of ether oxygens (including phenoxy) is 2. The zero-order valence-electron chi connectivity index (χ0n) is 20.7. The van der Waals surface area contributed by atoms with E-state index >= 15 is 0 Å². The highest BCUT2D eigenvalue weighted by molar-refractivity contribution is 7.09. The summed E-state index contributed by atoms with van der Waals surface area (Å²) in [6.07, 6.45) is 5.71. The van der Waals surface area contributed by atoms with Crippen LogP contribution < -0.4 is 14.4 Å². The Morgan fingerprint density at radius 2 is 1.92 bits per heavy atom. The van der Waals surface area contributed by atoms with Gasteiger partial charge in [-0.2, -0.15) is 0 Å². The molecule has 1 saturated heterocycles. The quantitative estimate of drug-likeness (QED) is 0.356. The number of carbonyl (C=O) groups is 2. The number of hydrogen-bond donors (Lipinski definition) is 0. The van der Waals surface area contributed by atoms with Gasteiger partial charge in [0.15, 0.2) is 11.5 Å². The molecule has 2 heterocycles. The largest absolute Gasteiger partial charge is 0.493 e. The normalized spacial score (nSPS) is 15.9. The van der Waals surface area contributed by atoms with Crippen molar-refractivity contribution >= 4 is 28.8 Å². The summed E-state index contributed by atoms with van der Waals surface area (Å²) in [5.41, 5.74) is 2.44. The predicted molar refractivity (Wildman–Crippen MR) is 142 cm³/mol. The lowest BCUT2D eigenvalue weighted by Gasteiger charge is -2.30. The van der Waals surface area contributed by atoms with E-state index in [1.807, 2.05) is 64.9 Å². The maximum Gasteiger partial charge on any atom is 0.254 e. The first kappa shape index (κ1) is 24.4. The van der Waals surface area contributed by atoms with E-state index < -0.39 is 0 Å². The molecule has 0 N–H and O–H groups in total. The molecule has 188 valence electrons. The van der Waals surface area contributed by atoms with E-state index in [2.05, 4.69) is 0 Å². The highest BCUT2D eigenvalue weighted by Crippen LogP contribution is 2.32. The van der Waals surface area contributed by atoms with E-state index in [1.54, 1.807) is 23.3 Å². The maximum atomic E-state index is 13.8. The lowest BCUT2D eigenvalue weighted by atomic mass is 10.1. The lowest BCUT2D eigenvalue weighted by Crippen LogP contribution is -2.38. The van der Waals surface area contributed by atoms with Crippen molar-refractivity contribution < 1.29 is 19.1 Å². The molecule has 2 fully saturated rings. The van der Waals surface area contributed by atoms with E-state index in [4.69, 9.17) is 9.47 Å². The molecule has 0 bridgehead atoms. The van der Waals surface area contributed by atoms with Gasteiger partial charge in [-0.05, 0) is 66.6 Å². The van der Waals surface area contributed by atoms with Gasteiger partial charge in [-0.1, -0.05) is 31.0 Å². The molecule has 1 aliphatic carbocycles. The molecule has 0 atom stereocenters. The van der Waals surface area contributed by atoms with E-state index in [0.29, 0.717) is 43.2 Å². The number of rotatable bonds is 9. The van der Waals surface area contributed by atoms with Gasteiger partial charge in [0.2, 0.25) is 5.91 Å². The molecule has 1 saturated carbocycles. The van der Waals surface area contributed by atoms with Crippen LogP contribution in [0.1, 0.15) is 59.3 Å². The summed E-state index contributed by atoms with van der Waals surface area (Å²) < 4.78 is 11.6. The summed E-state index contributed by atoms with van der Waals surface area (Å²) in [6, 6.07) is 17.7. The summed E-state index contributed by atoms with van der Waals surface area (Å²) in [7, 11) is 1.64. The van der Waals surface area contributed by atoms with Crippen LogP contribution in [-0.2, 0) is 17.9 Å². The Kier molecular flexibility index (Phi) is 7.56. The summed E-state index contributed by atoms with van der Waals surface area (Å²) in [5, 5.41) is 2.03. The Morgan fingerprint density at radius 3 is 2.64 bits per heavy atom. The van der Waals surface area contributed by atoms with Crippen molar-refractivity contribution in [2.45, 2.75) is 57.7 Å². The van der Waals surface area contributed by atoms with Crippen LogP contribution in [0.4, 0.5) is 5.69 Å². The molecule has 3 aromatic rings. The van der Waals surface area contributed by atoms with E-state index in [9.17, 15) is 9.59 Å². The lowest BCUT2D eigenvalue weighted by molar-refractivity contribution is -0.117. The van der Waals surface area contributed by atoms with Gasteiger partial charge < -0.3 is 19.3 Å². The molecule has 2 amide bonds. The first-order valence-corrected chi connectivity index (χ1v) is 13.5. The minimum absolute atomic E-state index is 0.00673. The molecular weight excluding hydrogens is 472 g/mol. The minimum atomic E-state index is 0.00673. The Morgan fingerprint density at radius 1 is 1.06 bits per heavy atom. The first-order valence-electron chi connectivity index (χ1n) is 12.7. The maximum absolute atomic E-state index is 13.8. The molecule has 2 aromatic carbocycles. The summed E-state index contributed by atoms with van der Waals surface area (Å²) in [5.74, 6) is 1.49. The topological polar surface area (TPSA) is 59.1 Å². The molecule has 0 radical (unpaired) electrons. The zero-order valence-corrected chi connectivity index (χ0v) is 21.5. The van der Waals surface area contributed by atoms with Crippen molar-refractivity contribution in [2.24, 2.45) is 0 Å². The number of hydrogen-bond acceptors (Lipinski definition) is 5. The number of carbonyl (C=O) groups excluding carboxylic acids is 2. The number of thiophene rings is 1. The Bertz CT molecular complexity index is 1200. The van der Waals surface area contributed by atoms with Crippen LogP contribution in [0, 0.1) is 0 Å². The molecule has 7 heteroatoms. The molecule has 0 unspecified atom stereocenters. The first-order chi connectivity index (χ1) is 17.6. The van der Waals surface area contributed by atoms with Crippen molar-refractivity contribution in [3.8, 4) is 11.5 Å². The second-order valence-electron chi connectivity index (χ2n) is 9.42. The van der Waals surface area contributed by atoms with Crippen LogP contribution >= 0.6 is 11.3 Å². The molecule has 36 heavy (non-hydrogen) atoms. The SMILES string of the molecule is COc1ccc(CN(C(=O)c2cccc(N3CCCC3=O)c2)C2CCCC2)cc1OCc1cccs1. The standard InChI is InChI=1S/C29H32N2O4S/c1-34-26-14-13-21(17-27(26)35-20-25-11-6-16-36-25)19-31(23-8-2-3-9-23)29(33)22-7-4-10-24(18-22)30-15-5-12-28(30)32/h4,6-7,10-11,13-14,16-18,23H,2-3,5,8-9,12,15,19-20H2,1H3. The van der Waals surface area contributed by atoms with Crippen LogP contribution in [0.2, 0.25) is 0 Å². The van der Waals surface area contributed by atoms with Crippen molar-refractivity contribution in [3.05, 3.63) is 76.0 Å². The van der Waals surface area contributed by atoms with Crippen molar-refractivity contribution in [1.29, 1.82) is 0 Å². The molecular formula is C29H32N2O4S. The smallest absolute Gasteiger partial charge is 0.254 e. The fourth-order valence-corrected chi connectivity index (χ4v) is 5.77. The van der Waals surface area contributed by atoms with Gasteiger partial charge in [0.25, 0.3) is 5.91 Å². The van der Waals surface area contributed by atoms with Crippen molar-refractivity contribution in [3.63, 3.8) is 0 Å². The number of benzene rings is 2. The number of amides is 2. The highest BCUT2D eigenvalue weighted by atomic mass is 32.1. The van der Waals surface area contributed by atoms with Gasteiger partial charge in [-0.3, -0.25) is 9.59 Å². The molecule has 6 nitrogen and oxygen atoms in total. The van der Waals surface area contributed by atoms with E-state index in [-0.39, 0.29) is 17.9 Å². The van der Waals surface area contributed by atoms with Gasteiger partial charge >= 0.3 is 0 Å². The van der Waals surface area contributed by atoms with Gasteiger partial charge in [-0.25, -0.2) is 0 Å². The third-order valence-electron chi connectivity index (χ3n) is 7.04. The average molecular weight is 505 g/mol. The van der Waals surface area contributed by atoms with Crippen molar-refractivity contribution in [2.75, 3.05) is 18.6 Å². The molecule has 5 rings (SSSR count). The predicted octanol–water partition coefficient (Wildman–Crippen LogP) is 6.05. The Hall–Kier alpha value is -3.32. The van der Waals surface area contributed by atoms with Gasteiger partial charge in [-0.15, -0.1) is 11.3 Å². The fourth-order valence-electron chi connectivity index (χ4n) is 5.15. The van der Waals surface area contributed by atoms with Gasteiger partial charge in [0, 0.05) is 41.7 Å². The third kappa shape index (κ3) is 5.41. The van der Waals surface area contributed by atoms with Crippen LogP contribution in [0.5, 0.6) is 11.5 Å². The molecule has 2 aliphatic rings. The zero-order chi connectivity index (χ0) is 24.9. The van der Waals surface area contributed by atoms with Gasteiger partial charge in [0.1, 0.15) is 6.61 Å². The van der Waals surface area contributed by atoms with Crippen LogP contribution in [0.15, 0.2) is 60.0 Å². The number of methoxy groups -OCH3 is 1. The van der Waals surface area contributed by atoms with Gasteiger partial charge in [0.05, 0.1) is 7.11 Å². The Balaban J connectivity index is 1.38. The van der Waals surface area contributed by atoms with Crippen molar-refractivity contribution in [1.82, 2.24) is 4.90 Å². The number of nitrogens with zero attached hydrogens (tertiary/aromatic N) is 2. The van der Waals surface area contributed by atoms with Crippen LogP contribution in [0.3, 0.4) is 0 Å². The average Bonchev–Trinajstić information content (AvgIpc) is 3.69. The second kappa shape index (κ2) is 11.2. The molecule has 0 spiro atoms. The molecule has 1 aromatic heterocycles. The summed E-state index contributed by atoms with van der Waals surface area (Å²) in [4.78, 5) is 31.0. The number of anilines is 1. The monoisotopic (exact) mass is 504 g/mol.